The van der Waals surface area contributed by atoms with E-state index in [0.29, 0.717) is 6.54 Å². The number of methoxy groups -OCH3 is 1. The minimum absolute atomic E-state index is 0.274. The summed E-state index contributed by atoms with van der Waals surface area (Å²) in [5.41, 5.74) is 2.38. The third-order valence-electron chi connectivity index (χ3n) is 5.26. The number of urea groups is 1. The molecule has 3 rings (SSSR count). The Morgan fingerprint density at radius 3 is 2.48 bits per heavy atom. The predicted molar refractivity (Wildman–Crippen MR) is 107 cm³/mol. The van der Waals surface area contributed by atoms with E-state index in [1.54, 1.807) is 6.07 Å². The van der Waals surface area contributed by atoms with Crippen LogP contribution in [-0.4, -0.2) is 54.4 Å². The van der Waals surface area contributed by atoms with Crippen LogP contribution in [0.3, 0.4) is 0 Å². The predicted octanol–water partition coefficient (Wildman–Crippen LogP) is 2.91. The van der Waals surface area contributed by atoms with E-state index in [9.17, 15) is 19.1 Å². The summed E-state index contributed by atoms with van der Waals surface area (Å²) >= 11 is 0. The molecule has 0 saturated carbocycles. The Labute approximate surface area is 169 Å². The van der Waals surface area contributed by atoms with Gasteiger partial charge in [0.2, 0.25) is 0 Å². The Hall–Kier alpha value is -2.93. The smallest absolute Gasteiger partial charge is 0.329 e. The first-order chi connectivity index (χ1) is 14.0. The van der Waals surface area contributed by atoms with Crippen molar-refractivity contribution in [2.45, 2.75) is 31.3 Å². The summed E-state index contributed by atoms with van der Waals surface area (Å²) in [7, 11) is 1.28. The zero-order valence-electron chi connectivity index (χ0n) is 16.5. The molecule has 0 aliphatic carbocycles. The van der Waals surface area contributed by atoms with Crippen LogP contribution >= 0.6 is 0 Å². The van der Waals surface area contributed by atoms with Crippen LogP contribution < -0.4 is 5.32 Å². The molecule has 3 atom stereocenters. The molecule has 2 aromatic carbocycles. The monoisotopic (exact) mass is 400 g/mol. The van der Waals surface area contributed by atoms with Gasteiger partial charge in [-0.15, -0.1) is 0 Å². The highest BCUT2D eigenvalue weighted by molar-refractivity contribution is 5.87. The molecule has 1 heterocycles. The number of benzene rings is 2. The van der Waals surface area contributed by atoms with Crippen LogP contribution in [0.15, 0.2) is 48.5 Å². The molecular weight excluding hydrogens is 375 g/mol. The zero-order valence-corrected chi connectivity index (χ0v) is 16.5. The number of halogens is 1. The van der Waals surface area contributed by atoms with Crippen LogP contribution in [0.2, 0.25) is 0 Å². The fourth-order valence-corrected chi connectivity index (χ4v) is 3.81. The van der Waals surface area contributed by atoms with Gasteiger partial charge in [-0.25, -0.2) is 14.0 Å². The lowest BCUT2D eigenvalue weighted by Crippen LogP contribution is -2.70. The fraction of sp³-hybridized carbons (Fsp3) is 0.364. The highest BCUT2D eigenvalue weighted by Gasteiger charge is 2.55. The van der Waals surface area contributed by atoms with Crippen LogP contribution in [0.5, 0.6) is 0 Å². The maximum atomic E-state index is 13.5. The van der Waals surface area contributed by atoms with Gasteiger partial charge < -0.3 is 20.1 Å². The van der Waals surface area contributed by atoms with E-state index >= 15 is 0 Å². The lowest BCUT2D eigenvalue weighted by atomic mass is 9.75. The third-order valence-corrected chi connectivity index (χ3v) is 5.26. The second-order valence-electron chi connectivity index (χ2n) is 7.02. The summed E-state index contributed by atoms with van der Waals surface area (Å²) in [4.78, 5) is 26.2. The summed E-state index contributed by atoms with van der Waals surface area (Å²) in [5.74, 6) is -1.23. The molecule has 1 fully saturated rings. The van der Waals surface area contributed by atoms with E-state index in [1.807, 2.05) is 37.3 Å². The van der Waals surface area contributed by atoms with Crippen molar-refractivity contribution >= 4 is 12.0 Å². The normalized spacial score (nSPS) is 20.7. The fourth-order valence-electron chi connectivity index (χ4n) is 3.81. The summed E-state index contributed by atoms with van der Waals surface area (Å²) in [6.45, 7) is 2.14. The molecule has 0 unspecified atom stereocenters. The van der Waals surface area contributed by atoms with Gasteiger partial charge in [0.1, 0.15) is 11.9 Å². The molecule has 1 aliphatic rings. The number of nitrogens with zero attached hydrogens (tertiary/aromatic N) is 1. The highest BCUT2D eigenvalue weighted by Crippen LogP contribution is 2.41. The number of carbonyl (C=O) groups excluding carboxylic acids is 2. The van der Waals surface area contributed by atoms with Gasteiger partial charge in [-0.05, 0) is 35.2 Å². The van der Waals surface area contributed by atoms with Crippen LogP contribution in [0.25, 0.3) is 11.1 Å². The van der Waals surface area contributed by atoms with Gasteiger partial charge in [0.15, 0.2) is 0 Å². The largest absolute Gasteiger partial charge is 0.467 e. The number of hydrogen-bond donors (Lipinski definition) is 2. The lowest BCUT2D eigenvalue weighted by Gasteiger charge is -2.52. The number of hydrogen-bond acceptors (Lipinski definition) is 4. The van der Waals surface area contributed by atoms with Crippen LogP contribution in [0.4, 0.5) is 9.18 Å². The number of amides is 2. The first kappa shape index (κ1) is 20.8. The van der Waals surface area contributed by atoms with E-state index in [2.05, 4.69) is 5.32 Å². The average Bonchev–Trinajstić information content (AvgIpc) is 2.72. The number of nitrogens with one attached hydrogen (secondary N) is 1. The Kier molecular flexibility index (Phi) is 6.49. The second-order valence-corrected chi connectivity index (χ2v) is 7.02. The Bertz CT molecular complexity index is 871. The quantitative estimate of drug-likeness (QED) is 0.731. The van der Waals surface area contributed by atoms with Crippen molar-refractivity contribution in [2.24, 2.45) is 0 Å². The average molecular weight is 400 g/mol. The molecule has 2 aromatic rings. The zero-order chi connectivity index (χ0) is 21.0. The highest BCUT2D eigenvalue weighted by atomic mass is 19.1. The van der Waals surface area contributed by atoms with Gasteiger partial charge >= 0.3 is 12.0 Å². The maximum absolute atomic E-state index is 13.5. The van der Waals surface area contributed by atoms with E-state index in [1.165, 1.54) is 24.1 Å². The number of aliphatic hydroxyl groups excluding tert-OH is 1. The third kappa shape index (κ3) is 4.10. The van der Waals surface area contributed by atoms with Crippen molar-refractivity contribution in [1.29, 1.82) is 0 Å². The van der Waals surface area contributed by atoms with Crippen molar-refractivity contribution in [3.8, 4) is 11.1 Å². The Balaban J connectivity index is 1.87. The minimum atomic E-state index is -0.811. The van der Waals surface area contributed by atoms with Gasteiger partial charge in [0.25, 0.3) is 0 Å². The molecule has 0 radical (unpaired) electrons. The molecule has 2 amide bonds. The van der Waals surface area contributed by atoms with E-state index < -0.39 is 24.1 Å². The van der Waals surface area contributed by atoms with Gasteiger partial charge in [0.05, 0.1) is 19.8 Å². The maximum Gasteiger partial charge on any atom is 0.329 e. The van der Waals surface area contributed by atoms with Gasteiger partial charge in [-0.1, -0.05) is 43.3 Å². The first-order valence-corrected chi connectivity index (χ1v) is 9.62. The molecule has 0 spiro atoms. The number of aliphatic hydroxyl groups is 1. The molecule has 0 bridgehead atoms. The van der Waals surface area contributed by atoms with Crippen LogP contribution in [0, 0.1) is 5.82 Å². The van der Waals surface area contributed by atoms with Gasteiger partial charge in [-0.2, -0.15) is 0 Å². The van der Waals surface area contributed by atoms with Crippen molar-refractivity contribution in [3.63, 3.8) is 0 Å². The van der Waals surface area contributed by atoms with Crippen molar-refractivity contribution in [1.82, 2.24) is 10.2 Å². The standard InChI is InChI=1S/C22H25FN2O4/c1-3-11-24-22(28)25-18(13-26)19(20(25)21(27)29-2)15-9-7-14(8-10-15)16-5-4-6-17(23)12-16/h4-10,12,18-20,26H,3,11,13H2,1-2H3,(H,24,28)/t18-,19-,20+/m1/s1. The molecule has 7 heteroatoms. The van der Waals surface area contributed by atoms with Crippen LogP contribution in [0.1, 0.15) is 24.8 Å². The SMILES string of the molecule is CCCNC(=O)N1[C@H](CO)[C@@H](c2ccc(-c3cccc(F)c3)cc2)[C@H]1C(=O)OC. The van der Waals surface area contributed by atoms with Gasteiger partial charge in [0, 0.05) is 12.5 Å². The molecule has 1 saturated heterocycles. The van der Waals surface area contributed by atoms with E-state index in [0.717, 1.165) is 23.1 Å². The molecule has 29 heavy (non-hydrogen) atoms. The molecular formula is C22H25FN2O4. The van der Waals surface area contributed by atoms with Crippen molar-refractivity contribution in [3.05, 3.63) is 59.9 Å². The van der Waals surface area contributed by atoms with Gasteiger partial charge in [-0.3, -0.25) is 0 Å². The molecule has 0 aromatic heterocycles. The topological polar surface area (TPSA) is 78.9 Å². The molecule has 2 N–H and O–H groups in total. The lowest BCUT2D eigenvalue weighted by molar-refractivity contribution is -0.156. The summed E-state index contributed by atoms with van der Waals surface area (Å²) in [6, 6.07) is 11.9. The number of carbonyl (C=O) groups is 2. The number of rotatable bonds is 6. The van der Waals surface area contributed by atoms with E-state index in [4.69, 9.17) is 4.74 Å². The molecule has 6 nitrogen and oxygen atoms in total. The van der Waals surface area contributed by atoms with E-state index in [-0.39, 0.29) is 18.3 Å². The summed E-state index contributed by atoms with van der Waals surface area (Å²) < 4.78 is 18.4. The summed E-state index contributed by atoms with van der Waals surface area (Å²) in [6.07, 6.45) is 0.761. The Morgan fingerprint density at radius 2 is 1.90 bits per heavy atom. The minimum Gasteiger partial charge on any atom is -0.467 e. The molecule has 154 valence electrons. The number of ether oxygens (including phenoxy) is 1. The van der Waals surface area contributed by atoms with Crippen molar-refractivity contribution < 1.29 is 23.8 Å². The van der Waals surface area contributed by atoms with Crippen molar-refractivity contribution in [2.75, 3.05) is 20.3 Å². The number of esters is 1. The van der Waals surface area contributed by atoms with Crippen LogP contribution in [-0.2, 0) is 9.53 Å². The molecule has 1 aliphatic heterocycles. The first-order valence-electron chi connectivity index (χ1n) is 9.62. The Morgan fingerprint density at radius 1 is 1.17 bits per heavy atom. The second kappa shape index (κ2) is 9.05. The summed E-state index contributed by atoms with van der Waals surface area (Å²) in [5, 5.41) is 12.6. The number of likely N-dealkylation sites (tertiary alicyclic amines) is 1.